The highest BCUT2D eigenvalue weighted by Gasteiger charge is 2.25. The van der Waals surface area contributed by atoms with E-state index in [4.69, 9.17) is 11.6 Å². The van der Waals surface area contributed by atoms with Crippen molar-refractivity contribution in [3.05, 3.63) is 77.3 Å². The molecule has 3 nitrogen and oxygen atoms in total. The van der Waals surface area contributed by atoms with Crippen molar-refractivity contribution in [1.29, 1.82) is 0 Å². The molecule has 1 aliphatic carbocycles. The Bertz CT molecular complexity index is 1250. The van der Waals surface area contributed by atoms with Crippen molar-refractivity contribution in [2.45, 2.75) is 51.0 Å². The minimum Gasteiger partial charge on any atom is -0.367 e. The second-order valence-corrected chi connectivity index (χ2v) is 9.52. The quantitative estimate of drug-likeness (QED) is 0.340. The summed E-state index contributed by atoms with van der Waals surface area (Å²) in [5.41, 5.74) is 2.13. The Morgan fingerprint density at radius 3 is 2.62 bits per heavy atom. The molecule has 2 aromatic carbocycles. The number of fused-ring (bicyclic) bond motifs is 2. The SMILES string of the molecule is C[C@H](CC1CCC(c2ccnc3ccc(F)cc23)CC1)Nc1nccc2cc(Cl)ccc12. The maximum atomic E-state index is 13.8. The number of rotatable bonds is 5. The first-order chi connectivity index (χ1) is 15.6. The molecule has 5 rings (SSSR count). The molecule has 1 N–H and O–H groups in total. The Morgan fingerprint density at radius 1 is 0.969 bits per heavy atom. The molecule has 4 aromatic rings. The highest BCUT2D eigenvalue weighted by molar-refractivity contribution is 6.31. The van der Waals surface area contributed by atoms with Gasteiger partial charge in [0.2, 0.25) is 0 Å². The van der Waals surface area contributed by atoms with Gasteiger partial charge in [-0.15, -0.1) is 0 Å². The van der Waals surface area contributed by atoms with E-state index in [-0.39, 0.29) is 5.82 Å². The molecule has 0 saturated heterocycles. The van der Waals surface area contributed by atoms with E-state index in [1.54, 1.807) is 12.1 Å². The van der Waals surface area contributed by atoms with E-state index < -0.39 is 0 Å². The molecule has 0 bridgehead atoms. The smallest absolute Gasteiger partial charge is 0.134 e. The zero-order valence-corrected chi connectivity index (χ0v) is 18.9. The molecule has 2 aromatic heterocycles. The molecule has 32 heavy (non-hydrogen) atoms. The fourth-order valence-corrected chi connectivity index (χ4v) is 5.44. The Labute approximate surface area is 193 Å². The van der Waals surface area contributed by atoms with Gasteiger partial charge in [0.05, 0.1) is 5.52 Å². The van der Waals surface area contributed by atoms with E-state index in [0.29, 0.717) is 17.9 Å². The van der Waals surface area contributed by atoms with Crippen molar-refractivity contribution in [2.24, 2.45) is 5.92 Å². The van der Waals surface area contributed by atoms with Crippen molar-refractivity contribution in [3.63, 3.8) is 0 Å². The number of benzene rings is 2. The third-order valence-corrected chi connectivity index (χ3v) is 7.06. The van der Waals surface area contributed by atoms with Crippen LogP contribution in [-0.2, 0) is 0 Å². The molecule has 0 spiro atoms. The number of pyridine rings is 2. The van der Waals surface area contributed by atoms with Gasteiger partial charge in [0.15, 0.2) is 0 Å². The van der Waals surface area contributed by atoms with Crippen LogP contribution in [0.5, 0.6) is 0 Å². The van der Waals surface area contributed by atoms with Crippen LogP contribution >= 0.6 is 11.6 Å². The van der Waals surface area contributed by atoms with E-state index >= 15 is 0 Å². The first kappa shape index (κ1) is 21.1. The third-order valence-electron chi connectivity index (χ3n) is 6.82. The molecule has 164 valence electrons. The Kier molecular flexibility index (Phi) is 5.97. The lowest BCUT2D eigenvalue weighted by Gasteiger charge is -2.31. The van der Waals surface area contributed by atoms with Crippen LogP contribution in [0.2, 0.25) is 5.02 Å². The topological polar surface area (TPSA) is 37.8 Å². The van der Waals surface area contributed by atoms with Crippen LogP contribution in [0.4, 0.5) is 10.2 Å². The number of halogens is 2. The van der Waals surface area contributed by atoms with Crippen molar-refractivity contribution >= 4 is 39.1 Å². The third kappa shape index (κ3) is 4.42. The minimum absolute atomic E-state index is 0.190. The molecular weight excluding hydrogens is 421 g/mol. The summed E-state index contributed by atoms with van der Waals surface area (Å²) in [5, 5.41) is 7.53. The van der Waals surface area contributed by atoms with Gasteiger partial charge >= 0.3 is 0 Å². The number of hydrogen-bond acceptors (Lipinski definition) is 3. The Hall–Kier alpha value is -2.72. The standard InChI is InChI=1S/C27H27ClFN3/c1-17(32-27-24-8-6-21(28)15-20(24)10-12-31-27)14-18-2-4-19(5-3-18)23-11-13-30-26-9-7-22(29)16-25(23)26/h6-13,15-19H,2-5,14H2,1H3,(H,31,32)/t17-,18?,19?/m1/s1. The zero-order valence-electron chi connectivity index (χ0n) is 18.2. The Morgan fingerprint density at radius 2 is 1.78 bits per heavy atom. The van der Waals surface area contributed by atoms with Gasteiger partial charge in [0.1, 0.15) is 11.6 Å². The van der Waals surface area contributed by atoms with Crippen molar-refractivity contribution in [3.8, 4) is 0 Å². The summed E-state index contributed by atoms with van der Waals surface area (Å²) < 4.78 is 13.8. The fourth-order valence-electron chi connectivity index (χ4n) is 5.26. The first-order valence-corrected chi connectivity index (χ1v) is 11.8. The van der Waals surface area contributed by atoms with Crippen LogP contribution in [0.3, 0.4) is 0 Å². The van der Waals surface area contributed by atoms with E-state index in [9.17, 15) is 4.39 Å². The van der Waals surface area contributed by atoms with Crippen LogP contribution < -0.4 is 5.32 Å². The molecule has 0 amide bonds. The van der Waals surface area contributed by atoms with Crippen molar-refractivity contribution < 1.29 is 4.39 Å². The molecule has 0 aliphatic heterocycles. The van der Waals surface area contributed by atoms with Gasteiger partial charge in [0.25, 0.3) is 0 Å². The van der Waals surface area contributed by atoms with Crippen molar-refractivity contribution in [2.75, 3.05) is 5.32 Å². The average molecular weight is 448 g/mol. The van der Waals surface area contributed by atoms with Crippen LogP contribution in [0, 0.1) is 11.7 Å². The second-order valence-electron chi connectivity index (χ2n) is 9.09. The molecule has 1 aliphatic rings. The minimum atomic E-state index is -0.190. The zero-order chi connectivity index (χ0) is 22.1. The molecule has 1 fully saturated rings. The number of hydrogen-bond donors (Lipinski definition) is 1. The van der Waals surface area contributed by atoms with Gasteiger partial charge in [-0.25, -0.2) is 9.37 Å². The maximum absolute atomic E-state index is 13.8. The van der Waals surface area contributed by atoms with E-state index in [2.05, 4.69) is 28.3 Å². The largest absolute Gasteiger partial charge is 0.367 e. The summed E-state index contributed by atoms with van der Waals surface area (Å²) in [6.45, 7) is 2.24. The molecule has 0 radical (unpaired) electrons. The second kappa shape index (κ2) is 9.03. The summed E-state index contributed by atoms with van der Waals surface area (Å²) in [7, 11) is 0. The lowest BCUT2D eigenvalue weighted by molar-refractivity contribution is 0.302. The number of anilines is 1. The van der Waals surface area contributed by atoms with Gasteiger partial charge in [0, 0.05) is 34.2 Å². The van der Waals surface area contributed by atoms with Crippen molar-refractivity contribution in [1.82, 2.24) is 9.97 Å². The number of nitrogens with zero attached hydrogens (tertiary/aromatic N) is 2. The Balaban J connectivity index is 1.23. The average Bonchev–Trinajstić information content (AvgIpc) is 2.79. The molecular formula is C27H27ClFN3. The molecule has 5 heteroatoms. The highest BCUT2D eigenvalue weighted by Crippen LogP contribution is 2.40. The molecule has 1 saturated carbocycles. The first-order valence-electron chi connectivity index (χ1n) is 11.4. The molecule has 1 atom stereocenters. The summed E-state index contributed by atoms with van der Waals surface area (Å²) in [6.07, 6.45) is 9.46. The fraction of sp³-hybridized carbons (Fsp3) is 0.333. The van der Waals surface area contributed by atoms with Gasteiger partial charge in [-0.3, -0.25) is 4.98 Å². The molecule has 2 heterocycles. The summed E-state index contributed by atoms with van der Waals surface area (Å²) in [6, 6.07) is 15.2. The van der Waals surface area contributed by atoms with Gasteiger partial charge in [-0.05, 0) is 110 Å². The van der Waals surface area contributed by atoms with Crippen LogP contribution in [-0.4, -0.2) is 16.0 Å². The van der Waals surface area contributed by atoms with E-state index in [1.807, 2.05) is 36.7 Å². The number of aromatic nitrogens is 2. The van der Waals surface area contributed by atoms with E-state index in [0.717, 1.165) is 51.8 Å². The van der Waals surface area contributed by atoms with Gasteiger partial charge < -0.3 is 5.32 Å². The van der Waals surface area contributed by atoms with Crippen LogP contribution in [0.15, 0.2) is 60.9 Å². The van der Waals surface area contributed by atoms with Gasteiger partial charge in [-0.2, -0.15) is 0 Å². The highest BCUT2D eigenvalue weighted by atomic mass is 35.5. The summed E-state index contributed by atoms with van der Waals surface area (Å²) >= 11 is 6.14. The van der Waals surface area contributed by atoms with Gasteiger partial charge in [-0.1, -0.05) is 11.6 Å². The molecule has 0 unspecified atom stereocenters. The number of nitrogens with one attached hydrogen (secondary N) is 1. The van der Waals surface area contributed by atoms with Crippen LogP contribution in [0.1, 0.15) is 50.5 Å². The normalized spacial score (nSPS) is 19.8. The lowest BCUT2D eigenvalue weighted by Crippen LogP contribution is -2.23. The lowest BCUT2D eigenvalue weighted by atomic mass is 9.76. The predicted octanol–water partition coefficient (Wildman–Crippen LogP) is 7.74. The summed E-state index contributed by atoms with van der Waals surface area (Å²) in [5.74, 6) is 1.89. The predicted molar refractivity (Wildman–Crippen MR) is 131 cm³/mol. The maximum Gasteiger partial charge on any atom is 0.134 e. The van der Waals surface area contributed by atoms with Crippen LogP contribution in [0.25, 0.3) is 21.7 Å². The summed E-state index contributed by atoms with van der Waals surface area (Å²) in [4.78, 5) is 8.98. The van der Waals surface area contributed by atoms with E-state index in [1.165, 1.54) is 24.5 Å². The monoisotopic (exact) mass is 447 g/mol.